The van der Waals surface area contributed by atoms with Gasteiger partial charge in [-0.05, 0) is 11.6 Å². The summed E-state index contributed by atoms with van der Waals surface area (Å²) in [4.78, 5) is 34.5. The smallest absolute Gasteiger partial charge is 0.312 e. The molecule has 8 nitrogen and oxygen atoms in total. The van der Waals surface area contributed by atoms with Crippen LogP contribution < -0.4 is 16.4 Å². The summed E-state index contributed by atoms with van der Waals surface area (Å²) >= 11 is 6.06. The van der Waals surface area contributed by atoms with Gasteiger partial charge in [-0.25, -0.2) is 4.79 Å². The number of halogens is 1. The second-order valence-electron chi connectivity index (χ2n) is 4.79. The molecule has 4 N–H and O–H groups in total. The van der Waals surface area contributed by atoms with Gasteiger partial charge in [-0.1, -0.05) is 29.8 Å². The third kappa shape index (κ3) is 7.30. The molecule has 0 aromatic heterocycles. The van der Waals surface area contributed by atoms with Crippen molar-refractivity contribution in [2.45, 2.75) is 12.5 Å². The van der Waals surface area contributed by atoms with Crippen molar-refractivity contribution in [3.8, 4) is 0 Å². The Kier molecular flexibility index (Phi) is 8.59. The predicted octanol–water partition coefficient (Wildman–Crippen LogP) is 0.745. The first kappa shape index (κ1) is 19.7. The van der Waals surface area contributed by atoms with Crippen LogP contribution in [0.4, 0.5) is 4.79 Å². The fraction of sp³-hybridized carbons (Fsp3) is 0.400. The molecule has 1 rings (SSSR count). The van der Waals surface area contributed by atoms with Crippen LogP contribution in [0.3, 0.4) is 0 Å². The van der Waals surface area contributed by atoms with Crippen molar-refractivity contribution < 1.29 is 23.9 Å². The van der Waals surface area contributed by atoms with Gasteiger partial charge in [-0.3, -0.25) is 9.59 Å². The van der Waals surface area contributed by atoms with E-state index < -0.39 is 30.6 Å². The lowest BCUT2D eigenvalue weighted by Gasteiger charge is -2.18. The highest BCUT2D eigenvalue weighted by Gasteiger charge is 2.21. The molecular weight excluding hydrogens is 338 g/mol. The first-order valence-electron chi connectivity index (χ1n) is 7.15. The predicted molar refractivity (Wildman–Crippen MR) is 87.4 cm³/mol. The number of methoxy groups -OCH3 is 1. The van der Waals surface area contributed by atoms with Gasteiger partial charge in [0.15, 0.2) is 6.61 Å². The van der Waals surface area contributed by atoms with E-state index >= 15 is 0 Å². The Hall–Kier alpha value is -2.32. The van der Waals surface area contributed by atoms with Crippen molar-refractivity contribution in [2.24, 2.45) is 5.73 Å². The molecule has 0 spiro atoms. The number of hydrogen-bond donors (Lipinski definition) is 3. The van der Waals surface area contributed by atoms with Crippen molar-refractivity contribution in [1.29, 1.82) is 0 Å². The Balaban J connectivity index is 2.57. The van der Waals surface area contributed by atoms with Gasteiger partial charge in [0.05, 0.1) is 19.1 Å². The number of nitrogens with two attached hydrogens (primary N) is 1. The Morgan fingerprint density at radius 1 is 1.29 bits per heavy atom. The Bertz CT molecular complexity index is 582. The molecule has 1 aromatic rings. The molecule has 132 valence electrons. The topological polar surface area (TPSA) is 120 Å². The second kappa shape index (κ2) is 10.5. The zero-order valence-corrected chi connectivity index (χ0v) is 14.0. The Morgan fingerprint density at radius 2 is 2.00 bits per heavy atom. The van der Waals surface area contributed by atoms with E-state index in [2.05, 4.69) is 10.6 Å². The second-order valence-corrected chi connectivity index (χ2v) is 5.20. The summed E-state index contributed by atoms with van der Waals surface area (Å²) in [5.41, 5.74) is 5.65. The molecule has 24 heavy (non-hydrogen) atoms. The summed E-state index contributed by atoms with van der Waals surface area (Å²) in [5, 5.41) is 5.32. The number of carbonyl (C=O) groups is 3. The molecule has 1 aromatic carbocycles. The van der Waals surface area contributed by atoms with Gasteiger partial charge in [-0.2, -0.15) is 0 Å². The van der Waals surface area contributed by atoms with Crippen LogP contribution in [-0.4, -0.2) is 44.8 Å². The average Bonchev–Trinajstić information content (AvgIpc) is 2.52. The van der Waals surface area contributed by atoms with Gasteiger partial charge in [0, 0.05) is 18.7 Å². The molecule has 1 atom stereocenters. The molecule has 0 aliphatic carbocycles. The number of urea groups is 1. The van der Waals surface area contributed by atoms with Crippen LogP contribution in [0.2, 0.25) is 5.02 Å². The molecule has 0 unspecified atom stereocenters. The Labute approximate surface area is 144 Å². The number of rotatable bonds is 9. The molecule has 0 aliphatic rings. The number of ether oxygens (including phenoxy) is 2. The first-order valence-corrected chi connectivity index (χ1v) is 7.53. The van der Waals surface area contributed by atoms with Crippen LogP contribution in [-0.2, 0) is 19.1 Å². The summed E-state index contributed by atoms with van der Waals surface area (Å²) < 4.78 is 9.66. The van der Waals surface area contributed by atoms with Crippen LogP contribution in [0.15, 0.2) is 24.3 Å². The highest BCUT2D eigenvalue weighted by atomic mass is 35.5. The van der Waals surface area contributed by atoms with Gasteiger partial charge < -0.3 is 25.8 Å². The molecule has 0 saturated carbocycles. The minimum Gasteiger partial charge on any atom is -0.456 e. The molecule has 0 fully saturated rings. The Morgan fingerprint density at radius 3 is 2.62 bits per heavy atom. The number of esters is 1. The van der Waals surface area contributed by atoms with Gasteiger partial charge in [0.1, 0.15) is 0 Å². The maximum atomic E-state index is 11.9. The molecule has 0 bridgehead atoms. The van der Waals surface area contributed by atoms with E-state index in [4.69, 9.17) is 26.8 Å². The molecule has 0 aliphatic heterocycles. The summed E-state index contributed by atoms with van der Waals surface area (Å²) in [5.74, 6) is -1.12. The van der Waals surface area contributed by atoms with E-state index in [0.717, 1.165) is 0 Å². The lowest BCUT2D eigenvalue weighted by Crippen LogP contribution is -2.35. The average molecular weight is 358 g/mol. The quantitative estimate of drug-likeness (QED) is 0.445. The number of carbonyl (C=O) groups excluding carboxylic acids is 3. The van der Waals surface area contributed by atoms with E-state index in [-0.39, 0.29) is 6.42 Å². The van der Waals surface area contributed by atoms with Crippen LogP contribution in [0, 0.1) is 0 Å². The third-order valence-electron chi connectivity index (χ3n) is 2.96. The lowest BCUT2D eigenvalue weighted by molar-refractivity contribution is -0.149. The molecule has 3 amide bonds. The number of hydrogen-bond acceptors (Lipinski definition) is 5. The van der Waals surface area contributed by atoms with Crippen LogP contribution >= 0.6 is 11.6 Å². The number of benzene rings is 1. The monoisotopic (exact) mass is 357 g/mol. The van der Waals surface area contributed by atoms with E-state index in [9.17, 15) is 14.4 Å². The largest absolute Gasteiger partial charge is 0.456 e. The highest BCUT2D eigenvalue weighted by Crippen LogP contribution is 2.25. The van der Waals surface area contributed by atoms with Crippen molar-refractivity contribution >= 4 is 29.5 Å². The number of primary amides is 1. The lowest BCUT2D eigenvalue weighted by atomic mass is 10.0. The SMILES string of the molecule is COCCNC(=O)COC(=O)C[C@H](NC(N)=O)c1ccccc1Cl. The van der Waals surface area contributed by atoms with Crippen molar-refractivity contribution in [3.05, 3.63) is 34.9 Å². The van der Waals surface area contributed by atoms with Crippen LogP contribution in [0.25, 0.3) is 0 Å². The van der Waals surface area contributed by atoms with E-state index in [1.165, 1.54) is 7.11 Å². The van der Waals surface area contributed by atoms with Crippen molar-refractivity contribution in [1.82, 2.24) is 10.6 Å². The number of amides is 3. The number of nitrogens with one attached hydrogen (secondary N) is 2. The minimum atomic E-state index is -0.801. The summed E-state index contributed by atoms with van der Waals surface area (Å²) in [7, 11) is 1.51. The zero-order valence-electron chi connectivity index (χ0n) is 13.2. The molecule has 9 heteroatoms. The minimum absolute atomic E-state index is 0.210. The maximum Gasteiger partial charge on any atom is 0.312 e. The van der Waals surface area contributed by atoms with Gasteiger partial charge in [0.25, 0.3) is 5.91 Å². The molecule has 0 radical (unpaired) electrons. The zero-order chi connectivity index (χ0) is 17.9. The third-order valence-corrected chi connectivity index (χ3v) is 3.30. The summed E-state index contributed by atoms with van der Waals surface area (Å²) in [6.07, 6.45) is -0.210. The standard InChI is InChI=1S/C15H20ClN3O5/c1-23-7-6-18-13(20)9-24-14(21)8-12(19-15(17)22)10-4-2-3-5-11(10)16/h2-5,12H,6-9H2,1H3,(H,18,20)(H3,17,19,22)/t12-/m0/s1. The first-order chi connectivity index (χ1) is 11.4. The van der Waals surface area contributed by atoms with Gasteiger partial charge in [-0.15, -0.1) is 0 Å². The fourth-order valence-electron chi connectivity index (χ4n) is 1.88. The van der Waals surface area contributed by atoms with Crippen molar-refractivity contribution in [2.75, 3.05) is 26.9 Å². The van der Waals surface area contributed by atoms with E-state index in [1.54, 1.807) is 24.3 Å². The molecule has 0 heterocycles. The molecular formula is C15H20ClN3O5. The molecule has 0 saturated heterocycles. The van der Waals surface area contributed by atoms with Gasteiger partial charge >= 0.3 is 12.0 Å². The normalized spacial score (nSPS) is 11.4. The van der Waals surface area contributed by atoms with E-state index in [1.807, 2.05) is 0 Å². The van der Waals surface area contributed by atoms with E-state index in [0.29, 0.717) is 23.7 Å². The fourth-order valence-corrected chi connectivity index (χ4v) is 2.15. The van der Waals surface area contributed by atoms with Gasteiger partial charge in [0.2, 0.25) is 0 Å². The summed E-state index contributed by atoms with van der Waals surface area (Å²) in [6.45, 7) is 0.253. The van der Waals surface area contributed by atoms with Crippen LogP contribution in [0.1, 0.15) is 18.0 Å². The van der Waals surface area contributed by atoms with Crippen LogP contribution in [0.5, 0.6) is 0 Å². The summed E-state index contributed by atoms with van der Waals surface area (Å²) in [6, 6.07) is 5.17. The highest BCUT2D eigenvalue weighted by molar-refractivity contribution is 6.31. The maximum absolute atomic E-state index is 11.9. The van der Waals surface area contributed by atoms with Crippen molar-refractivity contribution in [3.63, 3.8) is 0 Å².